The van der Waals surface area contributed by atoms with E-state index < -0.39 is 22.5 Å². The summed E-state index contributed by atoms with van der Waals surface area (Å²) in [7, 11) is -1.86. The lowest BCUT2D eigenvalue weighted by atomic mass is 9.81. The molecule has 2 aliphatic rings. The highest BCUT2D eigenvalue weighted by Gasteiger charge is 2.45. The number of anilines is 1. The summed E-state index contributed by atoms with van der Waals surface area (Å²) < 4.78 is 55.9. The number of aromatic nitrogens is 3. The fourth-order valence-corrected chi connectivity index (χ4v) is 6.41. The van der Waals surface area contributed by atoms with Gasteiger partial charge in [-0.3, -0.25) is 0 Å². The molecule has 0 bridgehead atoms. The van der Waals surface area contributed by atoms with Crippen LogP contribution in [0.25, 0.3) is 11.0 Å². The molecule has 0 amide bonds. The van der Waals surface area contributed by atoms with E-state index in [1.165, 1.54) is 12.4 Å². The SMILES string of the molecule is CN(c1ncnc2[nH]ccc12)C1CC(CS(=O)(=O)N2Cc3ccccc3C(F)(F)C2)C1. The summed E-state index contributed by atoms with van der Waals surface area (Å²) >= 11 is 0. The Morgan fingerprint density at radius 1 is 1.23 bits per heavy atom. The molecule has 1 fully saturated rings. The van der Waals surface area contributed by atoms with Crippen LogP contribution in [-0.2, 0) is 22.5 Å². The van der Waals surface area contributed by atoms with Gasteiger partial charge in [-0.15, -0.1) is 0 Å². The number of rotatable bonds is 5. The first-order valence-electron chi connectivity index (χ1n) is 10.2. The van der Waals surface area contributed by atoms with Crippen molar-refractivity contribution in [2.45, 2.75) is 31.4 Å². The highest BCUT2D eigenvalue weighted by Crippen LogP contribution is 2.40. The maximum absolute atomic E-state index is 14.5. The van der Waals surface area contributed by atoms with Gasteiger partial charge in [0, 0.05) is 31.4 Å². The predicted molar refractivity (Wildman–Crippen MR) is 113 cm³/mol. The molecule has 31 heavy (non-hydrogen) atoms. The molecule has 0 radical (unpaired) electrons. The molecule has 10 heteroatoms. The third kappa shape index (κ3) is 3.57. The fourth-order valence-electron chi connectivity index (χ4n) is 4.63. The molecule has 1 N–H and O–H groups in total. The Hall–Kier alpha value is -2.59. The van der Waals surface area contributed by atoms with Crippen molar-refractivity contribution in [3.8, 4) is 0 Å². The number of sulfonamides is 1. The van der Waals surface area contributed by atoms with Crippen LogP contribution in [0, 0.1) is 5.92 Å². The molecule has 1 aromatic carbocycles. The topological polar surface area (TPSA) is 82.2 Å². The maximum Gasteiger partial charge on any atom is 0.287 e. The molecule has 3 aromatic rings. The first-order valence-corrected chi connectivity index (χ1v) is 11.8. The molecule has 0 atom stereocenters. The second kappa shape index (κ2) is 7.23. The van der Waals surface area contributed by atoms with Crippen molar-refractivity contribution >= 4 is 26.9 Å². The van der Waals surface area contributed by atoms with Gasteiger partial charge in [0.25, 0.3) is 5.92 Å². The second-order valence-corrected chi connectivity index (χ2v) is 10.5. The molecule has 164 valence electrons. The minimum atomic E-state index is -3.79. The molecule has 0 unspecified atom stereocenters. The van der Waals surface area contributed by atoms with Gasteiger partial charge in [-0.2, -0.15) is 13.1 Å². The average molecular weight is 448 g/mol. The zero-order valence-corrected chi connectivity index (χ0v) is 17.8. The Morgan fingerprint density at radius 3 is 2.81 bits per heavy atom. The molecule has 0 saturated heterocycles. The summed E-state index contributed by atoms with van der Waals surface area (Å²) in [5, 5.41) is 0.912. The Kier molecular flexibility index (Phi) is 4.74. The Balaban J connectivity index is 1.25. The van der Waals surface area contributed by atoms with Crippen molar-refractivity contribution in [2.75, 3.05) is 24.2 Å². The van der Waals surface area contributed by atoms with Crippen LogP contribution in [-0.4, -0.2) is 53.1 Å². The van der Waals surface area contributed by atoms with Gasteiger partial charge in [-0.25, -0.2) is 18.4 Å². The van der Waals surface area contributed by atoms with Crippen molar-refractivity contribution in [3.63, 3.8) is 0 Å². The van der Waals surface area contributed by atoms with Gasteiger partial charge >= 0.3 is 0 Å². The van der Waals surface area contributed by atoms with E-state index in [-0.39, 0.29) is 29.8 Å². The molecule has 7 nitrogen and oxygen atoms in total. The number of nitrogens with one attached hydrogen (secondary N) is 1. The number of benzene rings is 1. The van der Waals surface area contributed by atoms with E-state index in [1.807, 2.05) is 18.0 Å². The van der Waals surface area contributed by atoms with E-state index in [9.17, 15) is 17.2 Å². The Labute approximate surface area is 179 Å². The Bertz CT molecular complexity index is 1220. The number of hydrogen-bond acceptors (Lipinski definition) is 5. The minimum absolute atomic E-state index is 0.00342. The lowest BCUT2D eigenvalue weighted by molar-refractivity contribution is -0.0322. The third-order valence-corrected chi connectivity index (χ3v) is 8.34. The molecule has 1 saturated carbocycles. The summed E-state index contributed by atoms with van der Waals surface area (Å²) in [6, 6.07) is 8.23. The van der Waals surface area contributed by atoms with Crippen LogP contribution < -0.4 is 4.90 Å². The lowest BCUT2D eigenvalue weighted by Crippen LogP contribution is -2.49. The van der Waals surface area contributed by atoms with E-state index in [0.717, 1.165) is 21.2 Å². The highest BCUT2D eigenvalue weighted by atomic mass is 32.2. The van der Waals surface area contributed by atoms with E-state index in [2.05, 4.69) is 15.0 Å². The summed E-state index contributed by atoms with van der Waals surface area (Å²) in [5.74, 6) is -2.56. The number of aromatic amines is 1. The van der Waals surface area contributed by atoms with E-state index in [0.29, 0.717) is 18.4 Å². The lowest BCUT2D eigenvalue weighted by Gasteiger charge is -2.42. The van der Waals surface area contributed by atoms with Gasteiger partial charge in [0.2, 0.25) is 10.0 Å². The number of fused-ring (bicyclic) bond motifs is 2. The van der Waals surface area contributed by atoms with Crippen LogP contribution in [0.15, 0.2) is 42.9 Å². The summed E-state index contributed by atoms with van der Waals surface area (Å²) in [4.78, 5) is 13.7. The number of nitrogens with zero attached hydrogens (tertiary/aromatic N) is 4. The summed E-state index contributed by atoms with van der Waals surface area (Å²) in [5.41, 5.74) is 1.04. The molecule has 3 heterocycles. The van der Waals surface area contributed by atoms with Crippen LogP contribution in [0.1, 0.15) is 24.0 Å². The normalized spacial score (nSPS) is 23.3. The number of halogens is 2. The second-order valence-electron chi connectivity index (χ2n) is 8.45. The van der Waals surface area contributed by atoms with Crippen LogP contribution in [0.5, 0.6) is 0 Å². The van der Waals surface area contributed by atoms with Crippen LogP contribution in [0.2, 0.25) is 0 Å². The van der Waals surface area contributed by atoms with Gasteiger partial charge < -0.3 is 9.88 Å². The van der Waals surface area contributed by atoms with Gasteiger partial charge in [-0.1, -0.05) is 24.3 Å². The first kappa shape index (κ1) is 20.3. The summed E-state index contributed by atoms with van der Waals surface area (Å²) in [6.45, 7) is -0.800. The fraction of sp³-hybridized carbons (Fsp3) is 0.429. The third-order valence-electron chi connectivity index (χ3n) is 6.40. The predicted octanol–water partition coefficient (Wildman–Crippen LogP) is 3.11. The van der Waals surface area contributed by atoms with Crippen LogP contribution in [0.3, 0.4) is 0 Å². The Morgan fingerprint density at radius 2 is 2.00 bits per heavy atom. The molecule has 0 spiro atoms. The first-order chi connectivity index (χ1) is 14.7. The summed E-state index contributed by atoms with van der Waals surface area (Å²) in [6.07, 6.45) is 4.65. The van der Waals surface area contributed by atoms with Crippen molar-refractivity contribution in [1.82, 2.24) is 19.3 Å². The van der Waals surface area contributed by atoms with Gasteiger partial charge in [0.1, 0.15) is 17.8 Å². The molecular weight excluding hydrogens is 424 g/mol. The highest BCUT2D eigenvalue weighted by molar-refractivity contribution is 7.89. The minimum Gasteiger partial charge on any atom is -0.356 e. The quantitative estimate of drug-likeness (QED) is 0.650. The maximum atomic E-state index is 14.5. The van der Waals surface area contributed by atoms with E-state index in [1.54, 1.807) is 24.4 Å². The van der Waals surface area contributed by atoms with E-state index >= 15 is 0 Å². The van der Waals surface area contributed by atoms with E-state index in [4.69, 9.17) is 0 Å². The van der Waals surface area contributed by atoms with Crippen LogP contribution in [0.4, 0.5) is 14.6 Å². The molecule has 1 aliphatic carbocycles. The standard InChI is InChI=1S/C21H23F2N5O2S/c1-27(20-17-6-7-24-19(17)25-13-26-20)16-8-14(9-16)11-31(29,30)28-10-15-4-2-3-5-18(15)21(22,23)12-28/h2-7,13-14,16H,8-12H2,1H3,(H,24,25,26). The van der Waals surface area contributed by atoms with Crippen molar-refractivity contribution in [3.05, 3.63) is 54.0 Å². The largest absolute Gasteiger partial charge is 0.356 e. The number of alkyl halides is 2. The molecule has 1 aliphatic heterocycles. The number of hydrogen-bond donors (Lipinski definition) is 1. The molecular formula is C21H23F2N5O2S. The number of H-pyrrole nitrogens is 1. The van der Waals surface area contributed by atoms with Gasteiger partial charge in [0.15, 0.2) is 0 Å². The van der Waals surface area contributed by atoms with Crippen molar-refractivity contribution < 1.29 is 17.2 Å². The molecule has 5 rings (SSSR count). The van der Waals surface area contributed by atoms with Crippen molar-refractivity contribution in [1.29, 1.82) is 0 Å². The zero-order chi connectivity index (χ0) is 21.8. The monoisotopic (exact) mass is 447 g/mol. The average Bonchev–Trinajstić information content (AvgIpc) is 3.18. The van der Waals surface area contributed by atoms with Gasteiger partial charge in [-0.05, 0) is 30.4 Å². The van der Waals surface area contributed by atoms with Crippen LogP contribution >= 0.6 is 0 Å². The molecule has 2 aromatic heterocycles. The van der Waals surface area contributed by atoms with Gasteiger partial charge in [0.05, 0.1) is 17.7 Å². The van der Waals surface area contributed by atoms with Crippen molar-refractivity contribution in [2.24, 2.45) is 5.92 Å². The zero-order valence-electron chi connectivity index (χ0n) is 17.0. The smallest absolute Gasteiger partial charge is 0.287 e.